The molecular formula is C23H23N9O4S2. The molecule has 2 aliphatic heterocycles. The molecule has 0 unspecified atom stereocenters. The Morgan fingerprint density at radius 1 is 1.13 bits per heavy atom. The number of ether oxygens (including phenoxy) is 1. The highest BCUT2D eigenvalue weighted by atomic mass is 32.1. The Hall–Kier alpha value is -3.95. The van der Waals surface area contributed by atoms with Crippen molar-refractivity contribution in [2.75, 3.05) is 42.3 Å². The molecule has 1 saturated heterocycles. The van der Waals surface area contributed by atoms with Crippen LogP contribution in [0, 0.1) is 0 Å². The van der Waals surface area contributed by atoms with Crippen LogP contribution in [0.2, 0.25) is 0 Å². The van der Waals surface area contributed by atoms with E-state index in [1.807, 2.05) is 11.0 Å². The van der Waals surface area contributed by atoms with Crippen LogP contribution in [0.1, 0.15) is 33.0 Å². The number of hydrogen-bond acceptors (Lipinski definition) is 12. The van der Waals surface area contributed by atoms with E-state index in [1.165, 1.54) is 22.1 Å². The van der Waals surface area contributed by atoms with Crippen LogP contribution in [0.15, 0.2) is 29.3 Å². The van der Waals surface area contributed by atoms with Crippen molar-refractivity contribution in [3.63, 3.8) is 0 Å². The number of nitrogens with zero attached hydrogens (tertiary/aromatic N) is 6. The van der Waals surface area contributed by atoms with Crippen LogP contribution >= 0.6 is 22.7 Å². The zero-order chi connectivity index (χ0) is 26.2. The van der Waals surface area contributed by atoms with E-state index in [9.17, 15) is 14.4 Å². The molecule has 13 nitrogen and oxygen atoms in total. The topological polar surface area (TPSA) is 170 Å². The summed E-state index contributed by atoms with van der Waals surface area (Å²) >= 11 is 2.66. The lowest BCUT2D eigenvalue weighted by atomic mass is 10.2. The van der Waals surface area contributed by atoms with E-state index >= 15 is 0 Å². The lowest BCUT2D eigenvalue weighted by Crippen LogP contribution is -2.36. The number of nitrogens with two attached hydrogens (primary N) is 1. The van der Waals surface area contributed by atoms with Crippen LogP contribution in [0.25, 0.3) is 10.1 Å². The number of carbonyl (C=O) groups excluding carboxylic acids is 2. The molecule has 0 saturated carbocycles. The average Bonchev–Trinajstić information content (AvgIpc) is 3.67. The van der Waals surface area contributed by atoms with Crippen molar-refractivity contribution in [3.8, 4) is 0 Å². The number of fused-ring (bicyclic) bond motifs is 2. The smallest absolute Gasteiger partial charge is 0.286 e. The SMILES string of the molecule is Nc1cc2sc(CNC(=O)[C@@H]3CCc4ncc(NC(=O)c5nnc(N6CCOCC6)s5)c(=O)n43)cc2cn1. The number of nitrogen functional groups attached to an aromatic ring is 1. The van der Waals surface area contributed by atoms with Gasteiger partial charge < -0.3 is 26.0 Å². The van der Waals surface area contributed by atoms with Crippen molar-refractivity contribution in [1.29, 1.82) is 0 Å². The van der Waals surface area contributed by atoms with Gasteiger partial charge in [0.25, 0.3) is 11.5 Å². The summed E-state index contributed by atoms with van der Waals surface area (Å²) in [5, 5.41) is 15.3. The highest BCUT2D eigenvalue weighted by Crippen LogP contribution is 2.27. The molecule has 6 heterocycles. The Labute approximate surface area is 223 Å². The summed E-state index contributed by atoms with van der Waals surface area (Å²) < 4.78 is 7.69. The quantitative estimate of drug-likeness (QED) is 0.315. The summed E-state index contributed by atoms with van der Waals surface area (Å²) in [6, 6.07) is 3.03. The number of nitrogens with one attached hydrogen (secondary N) is 2. The number of morpholine rings is 1. The molecule has 196 valence electrons. The number of carbonyl (C=O) groups is 2. The predicted octanol–water partition coefficient (Wildman–Crippen LogP) is 1.18. The van der Waals surface area contributed by atoms with Gasteiger partial charge in [-0.1, -0.05) is 11.3 Å². The second-order valence-corrected chi connectivity index (χ2v) is 11.0. The number of hydrogen-bond donors (Lipinski definition) is 3. The van der Waals surface area contributed by atoms with Crippen LogP contribution in [0.3, 0.4) is 0 Å². The predicted molar refractivity (Wildman–Crippen MR) is 143 cm³/mol. The molecule has 0 spiro atoms. The van der Waals surface area contributed by atoms with E-state index in [2.05, 4.69) is 30.8 Å². The molecule has 15 heteroatoms. The van der Waals surface area contributed by atoms with Crippen molar-refractivity contribution in [1.82, 2.24) is 30.0 Å². The van der Waals surface area contributed by atoms with Gasteiger partial charge in [0.05, 0.1) is 26.0 Å². The fraction of sp³-hybridized carbons (Fsp3) is 0.348. The van der Waals surface area contributed by atoms with Crippen molar-refractivity contribution < 1.29 is 14.3 Å². The van der Waals surface area contributed by atoms with Crippen molar-refractivity contribution >= 4 is 61.2 Å². The van der Waals surface area contributed by atoms with Gasteiger partial charge in [-0.3, -0.25) is 19.0 Å². The third kappa shape index (κ3) is 4.70. The Bertz CT molecular complexity index is 1590. The second-order valence-electron chi connectivity index (χ2n) is 8.84. The number of anilines is 3. The number of pyridine rings is 1. The molecule has 1 atom stereocenters. The molecule has 4 N–H and O–H groups in total. The number of amides is 2. The van der Waals surface area contributed by atoms with E-state index in [0.717, 1.165) is 26.3 Å². The van der Waals surface area contributed by atoms with Gasteiger partial charge in [-0.15, -0.1) is 21.5 Å². The van der Waals surface area contributed by atoms with Gasteiger partial charge in [0.1, 0.15) is 23.4 Å². The van der Waals surface area contributed by atoms with Gasteiger partial charge in [-0.25, -0.2) is 9.97 Å². The number of aromatic nitrogens is 5. The van der Waals surface area contributed by atoms with Crippen molar-refractivity contribution in [2.45, 2.75) is 25.4 Å². The molecule has 38 heavy (non-hydrogen) atoms. The minimum atomic E-state index is -0.719. The number of thiophene rings is 1. The first kappa shape index (κ1) is 24.4. The fourth-order valence-electron chi connectivity index (χ4n) is 4.49. The maximum absolute atomic E-state index is 13.3. The summed E-state index contributed by atoms with van der Waals surface area (Å²) in [4.78, 5) is 50.5. The van der Waals surface area contributed by atoms with Gasteiger partial charge in [0, 0.05) is 40.7 Å². The Balaban J connectivity index is 1.15. The number of rotatable bonds is 6. The lowest BCUT2D eigenvalue weighted by Gasteiger charge is -2.25. The van der Waals surface area contributed by atoms with E-state index in [4.69, 9.17) is 10.5 Å². The van der Waals surface area contributed by atoms with Gasteiger partial charge in [0.15, 0.2) is 0 Å². The highest BCUT2D eigenvalue weighted by Gasteiger charge is 2.31. The zero-order valence-corrected chi connectivity index (χ0v) is 21.7. The molecule has 4 aromatic heterocycles. The minimum absolute atomic E-state index is 0.0174. The van der Waals surface area contributed by atoms with Crippen molar-refractivity contribution in [3.05, 3.63) is 50.6 Å². The average molecular weight is 554 g/mol. The van der Waals surface area contributed by atoms with Gasteiger partial charge in [-0.05, 0) is 18.6 Å². The second kappa shape index (κ2) is 10.1. The van der Waals surface area contributed by atoms with E-state index in [-0.39, 0.29) is 16.6 Å². The molecule has 0 aromatic carbocycles. The van der Waals surface area contributed by atoms with E-state index in [0.29, 0.717) is 62.5 Å². The van der Waals surface area contributed by atoms with Gasteiger partial charge >= 0.3 is 0 Å². The molecule has 0 bridgehead atoms. The summed E-state index contributed by atoms with van der Waals surface area (Å²) in [5.74, 6) is 0.101. The first-order chi connectivity index (χ1) is 18.5. The standard InChI is InChI=1S/C23H23N9O4S2/c24-17-8-16-12(9-25-17)7-13(37-16)10-27-19(33)15-1-2-18-26-11-14(22(35)32(15)18)28-20(34)21-29-30-23(38-21)31-3-5-36-6-4-31/h7-9,11,15H,1-6,10H2,(H2,24,25)(H,27,33)(H,28,34)/t15-/m0/s1. The molecule has 1 fully saturated rings. The summed E-state index contributed by atoms with van der Waals surface area (Å²) in [7, 11) is 0. The normalized spacial score (nSPS) is 16.9. The Morgan fingerprint density at radius 2 is 1.97 bits per heavy atom. The van der Waals surface area contributed by atoms with E-state index < -0.39 is 17.5 Å². The van der Waals surface area contributed by atoms with Crippen LogP contribution < -0.4 is 26.8 Å². The largest absolute Gasteiger partial charge is 0.384 e. The maximum Gasteiger partial charge on any atom is 0.286 e. The third-order valence-corrected chi connectivity index (χ3v) is 8.46. The Kier molecular flexibility index (Phi) is 6.47. The number of aryl methyl sites for hydroxylation is 1. The zero-order valence-electron chi connectivity index (χ0n) is 20.0. The lowest BCUT2D eigenvalue weighted by molar-refractivity contribution is -0.124. The van der Waals surface area contributed by atoms with Gasteiger partial charge in [-0.2, -0.15) is 0 Å². The molecule has 4 aromatic rings. The van der Waals surface area contributed by atoms with Crippen LogP contribution in [-0.2, 0) is 22.5 Å². The third-order valence-electron chi connectivity index (χ3n) is 6.37. The molecule has 2 amide bonds. The minimum Gasteiger partial charge on any atom is -0.384 e. The molecule has 0 aliphatic carbocycles. The summed E-state index contributed by atoms with van der Waals surface area (Å²) in [5.41, 5.74) is 5.25. The first-order valence-electron chi connectivity index (χ1n) is 12.0. The van der Waals surface area contributed by atoms with Gasteiger partial charge in [0.2, 0.25) is 16.0 Å². The molecule has 2 aliphatic rings. The monoisotopic (exact) mass is 553 g/mol. The van der Waals surface area contributed by atoms with Crippen LogP contribution in [0.4, 0.5) is 16.6 Å². The van der Waals surface area contributed by atoms with E-state index in [1.54, 1.807) is 12.3 Å². The maximum atomic E-state index is 13.3. The van der Waals surface area contributed by atoms with Crippen LogP contribution in [0.5, 0.6) is 0 Å². The van der Waals surface area contributed by atoms with Crippen molar-refractivity contribution in [2.24, 2.45) is 0 Å². The molecule has 0 radical (unpaired) electrons. The Morgan fingerprint density at radius 3 is 2.82 bits per heavy atom. The fourth-order valence-corrected chi connectivity index (χ4v) is 6.30. The first-order valence-corrected chi connectivity index (χ1v) is 13.6. The summed E-state index contributed by atoms with van der Waals surface area (Å²) in [6.45, 7) is 2.83. The molecule has 6 rings (SSSR count). The highest BCUT2D eigenvalue weighted by molar-refractivity contribution is 7.19. The summed E-state index contributed by atoms with van der Waals surface area (Å²) in [6.07, 6.45) is 3.95. The molecular weight excluding hydrogens is 530 g/mol. The van der Waals surface area contributed by atoms with Crippen LogP contribution in [-0.4, -0.2) is 62.9 Å².